The van der Waals surface area contributed by atoms with E-state index in [2.05, 4.69) is 4.90 Å². The van der Waals surface area contributed by atoms with Gasteiger partial charge in [0.25, 0.3) is 0 Å². The summed E-state index contributed by atoms with van der Waals surface area (Å²) in [6, 6.07) is 0. The van der Waals surface area contributed by atoms with Crippen molar-refractivity contribution >= 4 is 10.1 Å². The topological polar surface area (TPSA) is 60.4 Å². The molecule has 0 aromatic carbocycles. The normalized spacial score (nSPS) is 18.8. The summed E-state index contributed by atoms with van der Waals surface area (Å²) < 4.78 is 31.1. The van der Waals surface area contributed by atoms with Gasteiger partial charge in [-0.1, -0.05) is 12.8 Å². The van der Waals surface area contributed by atoms with Gasteiger partial charge in [0.15, 0.2) is 0 Å². The van der Waals surface area contributed by atoms with E-state index in [9.17, 15) is 13.0 Å². The van der Waals surface area contributed by atoms with E-state index in [0.717, 1.165) is 26.1 Å². The number of hydrogen-bond donors (Lipinski definition) is 0. The molecule has 0 amide bonds. The predicted molar refractivity (Wildman–Crippen MR) is 58.7 cm³/mol. The van der Waals surface area contributed by atoms with Crippen molar-refractivity contribution in [2.45, 2.75) is 38.5 Å². The van der Waals surface area contributed by atoms with Crippen molar-refractivity contribution in [2.24, 2.45) is 0 Å². The molecule has 0 aliphatic carbocycles. The van der Waals surface area contributed by atoms with E-state index in [0.29, 0.717) is 6.42 Å². The van der Waals surface area contributed by atoms with Gasteiger partial charge in [-0.05, 0) is 45.3 Å². The Morgan fingerprint density at radius 3 is 2.06 bits per heavy atom. The van der Waals surface area contributed by atoms with Crippen molar-refractivity contribution in [2.75, 3.05) is 25.4 Å². The third-order valence-corrected chi connectivity index (χ3v) is 3.61. The first-order valence-corrected chi connectivity index (χ1v) is 7.31. The second-order valence-corrected chi connectivity index (χ2v) is 5.75. The van der Waals surface area contributed by atoms with Gasteiger partial charge in [-0.25, -0.2) is 8.42 Å². The minimum absolute atomic E-state index is 0. The summed E-state index contributed by atoms with van der Waals surface area (Å²) in [5, 5.41) is 0. The Kier molecular flexibility index (Phi) is 10.3. The Labute approximate surface area is 141 Å². The average Bonchev–Trinajstić information content (AvgIpc) is 2.39. The minimum atomic E-state index is -4.00. The van der Waals surface area contributed by atoms with E-state index in [1.54, 1.807) is 0 Å². The van der Waals surface area contributed by atoms with Gasteiger partial charge in [-0.2, -0.15) is 0 Å². The minimum Gasteiger partial charge on any atom is -0.748 e. The quantitative estimate of drug-likeness (QED) is 0.337. The monoisotopic (exact) mass is 273 g/mol. The standard InChI is InChI=1S/C10H21NO3S.K/c12-15(13,14)10-6-5-9-11-7-3-1-2-4-8-11;/h1-10H2,(H,12,13,14);/q;+1/p-1. The molecule has 1 aliphatic heterocycles. The van der Waals surface area contributed by atoms with E-state index in [1.807, 2.05) is 0 Å². The zero-order chi connectivity index (χ0) is 11.1. The molecule has 0 N–H and O–H groups in total. The Hall–Kier alpha value is 1.51. The summed E-state index contributed by atoms with van der Waals surface area (Å²) in [6.45, 7) is 3.20. The maximum absolute atomic E-state index is 10.4. The first kappa shape index (κ1) is 17.5. The second-order valence-electron chi connectivity index (χ2n) is 4.22. The van der Waals surface area contributed by atoms with Gasteiger partial charge in [0.1, 0.15) is 0 Å². The summed E-state index contributed by atoms with van der Waals surface area (Å²) in [5.74, 6) is -0.208. The Bertz CT molecular complexity index is 261. The Balaban J connectivity index is 0.00000225. The van der Waals surface area contributed by atoms with E-state index < -0.39 is 10.1 Å². The van der Waals surface area contributed by atoms with Crippen LogP contribution in [0.15, 0.2) is 0 Å². The number of likely N-dealkylation sites (tertiary alicyclic amines) is 1. The van der Waals surface area contributed by atoms with E-state index in [4.69, 9.17) is 0 Å². The molecule has 0 aromatic heterocycles. The molecule has 0 unspecified atom stereocenters. The molecule has 0 saturated carbocycles. The van der Waals surface area contributed by atoms with Crippen LogP contribution in [0.25, 0.3) is 0 Å². The molecule has 6 heteroatoms. The van der Waals surface area contributed by atoms with Crippen LogP contribution in [0, 0.1) is 0 Å². The zero-order valence-corrected chi connectivity index (χ0v) is 14.1. The smallest absolute Gasteiger partial charge is 0.748 e. The summed E-state index contributed by atoms with van der Waals surface area (Å²) >= 11 is 0. The van der Waals surface area contributed by atoms with Crippen LogP contribution in [0.4, 0.5) is 0 Å². The summed E-state index contributed by atoms with van der Waals surface area (Å²) in [7, 11) is -4.00. The van der Waals surface area contributed by atoms with Crippen LogP contribution in [-0.2, 0) is 10.1 Å². The summed E-state index contributed by atoms with van der Waals surface area (Å²) in [5.41, 5.74) is 0. The number of unbranched alkanes of at least 4 members (excludes halogenated alkanes) is 1. The predicted octanol–water partition coefficient (Wildman–Crippen LogP) is -1.81. The first-order valence-electron chi connectivity index (χ1n) is 5.74. The van der Waals surface area contributed by atoms with Crippen molar-refractivity contribution in [3.05, 3.63) is 0 Å². The largest absolute Gasteiger partial charge is 1.00 e. The maximum atomic E-state index is 10.4. The molecule has 16 heavy (non-hydrogen) atoms. The molecule has 4 nitrogen and oxygen atoms in total. The third-order valence-electron chi connectivity index (χ3n) is 2.82. The van der Waals surface area contributed by atoms with E-state index >= 15 is 0 Å². The molecule has 0 spiro atoms. The van der Waals surface area contributed by atoms with Crippen LogP contribution >= 0.6 is 0 Å². The fourth-order valence-electron chi connectivity index (χ4n) is 1.97. The van der Waals surface area contributed by atoms with Crippen molar-refractivity contribution in [1.29, 1.82) is 0 Å². The first-order chi connectivity index (χ1) is 7.08. The molecular formula is C10H20KNO3S. The maximum Gasteiger partial charge on any atom is 1.00 e. The third kappa shape index (κ3) is 9.53. The van der Waals surface area contributed by atoms with Crippen LogP contribution in [-0.4, -0.2) is 43.3 Å². The van der Waals surface area contributed by atoms with Gasteiger partial charge in [0, 0.05) is 5.75 Å². The van der Waals surface area contributed by atoms with Crippen molar-refractivity contribution in [1.82, 2.24) is 4.90 Å². The van der Waals surface area contributed by atoms with Gasteiger partial charge in [0.2, 0.25) is 0 Å². The molecule has 0 aromatic rings. The SMILES string of the molecule is O=S(=O)([O-])CCCCN1CCCCCC1.[K+]. The fourth-order valence-corrected chi connectivity index (χ4v) is 2.53. The molecule has 1 fully saturated rings. The molecule has 1 aliphatic rings. The van der Waals surface area contributed by atoms with Crippen molar-refractivity contribution in [3.8, 4) is 0 Å². The Morgan fingerprint density at radius 2 is 1.56 bits per heavy atom. The van der Waals surface area contributed by atoms with Crippen LogP contribution < -0.4 is 51.4 Å². The zero-order valence-electron chi connectivity index (χ0n) is 10.2. The summed E-state index contributed by atoms with van der Waals surface area (Å²) in [4.78, 5) is 2.38. The Morgan fingerprint density at radius 1 is 1.00 bits per heavy atom. The van der Waals surface area contributed by atoms with Crippen LogP contribution in [0.1, 0.15) is 38.5 Å². The fraction of sp³-hybridized carbons (Fsp3) is 1.00. The number of hydrogen-bond acceptors (Lipinski definition) is 4. The van der Waals surface area contributed by atoms with Gasteiger partial charge >= 0.3 is 51.4 Å². The van der Waals surface area contributed by atoms with Crippen LogP contribution in [0.3, 0.4) is 0 Å². The van der Waals surface area contributed by atoms with Crippen molar-refractivity contribution < 1.29 is 64.4 Å². The van der Waals surface area contributed by atoms with E-state index in [1.165, 1.54) is 25.7 Å². The molecule has 0 bridgehead atoms. The van der Waals surface area contributed by atoms with Crippen LogP contribution in [0.5, 0.6) is 0 Å². The van der Waals surface area contributed by atoms with Gasteiger partial charge < -0.3 is 9.45 Å². The van der Waals surface area contributed by atoms with Gasteiger partial charge in [-0.3, -0.25) is 0 Å². The molecular weight excluding hydrogens is 253 g/mol. The number of rotatable bonds is 5. The van der Waals surface area contributed by atoms with E-state index in [-0.39, 0.29) is 57.1 Å². The molecule has 1 heterocycles. The van der Waals surface area contributed by atoms with Crippen molar-refractivity contribution in [3.63, 3.8) is 0 Å². The summed E-state index contributed by atoms with van der Waals surface area (Å²) in [6.07, 6.45) is 6.44. The molecule has 1 saturated heterocycles. The van der Waals surface area contributed by atoms with Gasteiger partial charge in [0.05, 0.1) is 10.1 Å². The molecule has 0 radical (unpaired) electrons. The van der Waals surface area contributed by atoms with Gasteiger partial charge in [-0.15, -0.1) is 0 Å². The molecule has 0 atom stereocenters. The molecule has 1 rings (SSSR count). The molecule has 90 valence electrons. The average molecular weight is 273 g/mol. The second kappa shape index (κ2) is 9.44. The number of nitrogens with zero attached hydrogens (tertiary/aromatic N) is 1. The van der Waals surface area contributed by atoms with Crippen LogP contribution in [0.2, 0.25) is 0 Å².